The maximum Gasteiger partial charge on any atom is 0.332 e. The summed E-state index contributed by atoms with van der Waals surface area (Å²) in [6, 6.07) is 7.57. The first-order valence-electron chi connectivity index (χ1n) is 9.48. The van der Waals surface area contributed by atoms with E-state index in [4.69, 9.17) is 4.74 Å². The molecule has 3 aromatic heterocycles. The number of hydrogen-bond acceptors (Lipinski definition) is 7. The van der Waals surface area contributed by atoms with E-state index in [0.717, 1.165) is 21.6 Å². The van der Waals surface area contributed by atoms with Crippen LogP contribution in [0.15, 0.2) is 45.6 Å². The Bertz CT molecular complexity index is 1400. The zero-order valence-corrected chi connectivity index (χ0v) is 18.0. The summed E-state index contributed by atoms with van der Waals surface area (Å²) < 4.78 is 9.20. The van der Waals surface area contributed by atoms with Gasteiger partial charge in [0.1, 0.15) is 12.3 Å². The topological polar surface area (TPSA) is 113 Å². The average Bonchev–Trinajstić information content (AvgIpc) is 3.38. The molecule has 0 saturated carbocycles. The van der Waals surface area contributed by atoms with Crippen LogP contribution in [0.2, 0.25) is 0 Å². The lowest BCUT2D eigenvalue weighted by Crippen LogP contribution is -2.37. The first-order valence-corrected chi connectivity index (χ1v) is 10.4. The molecular weight excluding hydrogens is 420 g/mol. The standard InChI is InChI=1S/C20H20N6O4S/c1-4-30-13-7-5-6-12(8-13)14-10-31-19(22-14)23-15(27)9-26-11-21-17-16(26)18(28)25(3)20(29)24(17)2/h5-8,10-11H,4,9H2,1-3H3,(H,22,23,27). The highest BCUT2D eigenvalue weighted by molar-refractivity contribution is 7.14. The Kier molecular flexibility index (Phi) is 5.42. The normalized spacial score (nSPS) is 11.1. The fourth-order valence-corrected chi connectivity index (χ4v) is 3.94. The predicted molar refractivity (Wildman–Crippen MR) is 118 cm³/mol. The number of aromatic nitrogens is 5. The molecule has 1 N–H and O–H groups in total. The minimum atomic E-state index is -0.505. The number of rotatable bonds is 6. The summed E-state index contributed by atoms with van der Waals surface area (Å²) in [7, 11) is 2.92. The second-order valence-electron chi connectivity index (χ2n) is 6.80. The number of amides is 1. The van der Waals surface area contributed by atoms with Gasteiger partial charge >= 0.3 is 5.69 Å². The van der Waals surface area contributed by atoms with E-state index in [1.165, 1.54) is 40.9 Å². The van der Waals surface area contributed by atoms with Crippen LogP contribution in [0, 0.1) is 0 Å². The van der Waals surface area contributed by atoms with Crippen molar-refractivity contribution >= 4 is 33.5 Å². The molecule has 160 valence electrons. The van der Waals surface area contributed by atoms with Gasteiger partial charge in [-0.1, -0.05) is 12.1 Å². The molecule has 0 saturated heterocycles. The van der Waals surface area contributed by atoms with Crippen LogP contribution >= 0.6 is 11.3 Å². The Hall–Kier alpha value is -3.73. The van der Waals surface area contributed by atoms with Crippen molar-refractivity contribution in [3.8, 4) is 17.0 Å². The molecule has 0 fully saturated rings. The number of anilines is 1. The van der Waals surface area contributed by atoms with Gasteiger partial charge in [0.15, 0.2) is 16.3 Å². The highest BCUT2D eigenvalue weighted by Crippen LogP contribution is 2.27. The summed E-state index contributed by atoms with van der Waals surface area (Å²) in [5, 5.41) is 5.03. The highest BCUT2D eigenvalue weighted by atomic mass is 32.1. The molecule has 1 amide bonds. The van der Waals surface area contributed by atoms with Gasteiger partial charge in [-0.15, -0.1) is 11.3 Å². The molecule has 0 radical (unpaired) electrons. The molecule has 31 heavy (non-hydrogen) atoms. The number of carbonyl (C=O) groups is 1. The van der Waals surface area contributed by atoms with Gasteiger partial charge in [-0.3, -0.25) is 18.7 Å². The third-order valence-corrected chi connectivity index (χ3v) is 5.48. The molecule has 4 rings (SSSR count). The van der Waals surface area contributed by atoms with E-state index in [1.807, 2.05) is 36.6 Å². The van der Waals surface area contributed by atoms with E-state index in [2.05, 4.69) is 15.3 Å². The van der Waals surface area contributed by atoms with Crippen LogP contribution in [0.25, 0.3) is 22.4 Å². The lowest BCUT2D eigenvalue weighted by Gasteiger charge is -2.06. The number of ether oxygens (including phenoxy) is 1. The van der Waals surface area contributed by atoms with E-state index in [9.17, 15) is 14.4 Å². The molecule has 10 nitrogen and oxygen atoms in total. The number of nitrogens with one attached hydrogen (secondary N) is 1. The van der Waals surface area contributed by atoms with Crippen LogP contribution in [0.4, 0.5) is 5.13 Å². The van der Waals surface area contributed by atoms with E-state index in [0.29, 0.717) is 11.7 Å². The summed E-state index contributed by atoms with van der Waals surface area (Å²) in [6.45, 7) is 2.35. The van der Waals surface area contributed by atoms with Crippen LogP contribution < -0.4 is 21.3 Å². The van der Waals surface area contributed by atoms with E-state index in [1.54, 1.807) is 0 Å². The van der Waals surface area contributed by atoms with Crippen molar-refractivity contribution < 1.29 is 9.53 Å². The first kappa shape index (κ1) is 20.5. The van der Waals surface area contributed by atoms with Crippen molar-refractivity contribution in [1.82, 2.24) is 23.7 Å². The Morgan fingerprint density at radius 3 is 2.81 bits per heavy atom. The van der Waals surface area contributed by atoms with Crippen LogP contribution in [0.5, 0.6) is 5.75 Å². The van der Waals surface area contributed by atoms with Gasteiger partial charge in [-0.25, -0.2) is 14.8 Å². The van der Waals surface area contributed by atoms with Crippen molar-refractivity contribution in [2.24, 2.45) is 14.1 Å². The Morgan fingerprint density at radius 2 is 2.03 bits per heavy atom. The van der Waals surface area contributed by atoms with Crippen LogP contribution in [-0.2, 0) is 25.4 Å². The molecule has 1 aromatic carbocycles. The SMILES string of the molecule is CCOc1cccc(-c2csc(NC(=O)Cn3cnc4c3c(=O)n(C)c(=O)n4C)n2)c1. The average molecular weight is 440 g/mol. The number of hydrogen-bond donors (Lipinski definition) is 1. The lowest BCUT2D eigenvalue weighted by atomic mass is 10.2. The molecule has 4 aromatic rings. The minimum absolute atomic E-state index is 0.140. The quantitative estimate of drug-likeness (QED) is 0.487. The van der Waals surface area contributed by atoms with E-state index in [-0.39, 0.29) is 23.6 Å². The Labute approximate surface area is 180 Å². The largest absolute Gasteiger partial charge is 0.494 e. The number of carbonyl (C=O) groups excluding carboxylic acids is 1. The smallest absolute Gasteiger partial charge is 0.332 e. The van der Waals surface area contributed by atoms with E-state index < -0.39 is 11.2 Å². The second kappa shape index (κ2) is 8.19. The molecule has 3 heterocycles. The second-order valence-corrected chi connectivity index (χ2v) is 7.66. The van der Waals surface area contributed by atoms with Gasteiger partial charge in [-0.2, -0.15) is 0 Å². The number of thiazole rings is 1. The molecule has 0 unspecified atom stereocenters. The molecule has 0 atom stereocenters. The monoisotopic (exact) mass is 440 g/mol. The number of imidazole rings is 1. The van der Waals surface area contributed by atoms with Gasteiger partial charge in [0.25, 0.3) is 5.56 Å². The summed E-state index contributed by atoms with van der Waals surface area (Å²) >= 11 is 1.30. The number of benzene rings is 1. The van der Waals surface area contributed by atoms with Gasteiger partial charge in [0, 0.05) is 25.0 Å². The maximum atomic E-state index is 12.6. The summed E-state index contributed by atoms with van der Waals surface area (Å²) in [5.74, 6) is 0.390. The number of aryl methyl sites for hydroxylation is 1. The van der Waals surface area contributed by atoms with Gasteiger partial charge in [0.05, 0.1) is 18.6 Å². The third kappa shape index (κ3) is 3.87. The van der Waals surface area contributed by atoms with E-state index >= 15 is 0 Å². The van der Waals surface area contributed by atoms with Crippen LogP contribution in [-0.4, -0.2) is 36.2 Å². The lowest BCUT2D eigenvalue weighted by molar-refractivity contribution is -0.116. The van der Waals surface area contributed by atoms with Crippen molar-refractivity contribution in [2.75, 3.05) is 11.9 Å². The predicted octanol–water partition coefficient (Wildman–Crippen LogP) is 1.59. The zero-order chi connectivity index (χ0) is 22.1. The first-order chi connectivity index (χ1) is 14.9. The summed E-state index contributed by atoms with van der Waals surface area (Å²) in [4.78, 5) is 45.7. The van der Waals surface area contributed by atoms with Crippen molar-refractivity contribution in [3.05, 3.63) is 56.8 Å². The molecular formula is C20H20N6O4S. The molecule has 11 heteroatoms. The fourth-order valence-electron chi connectivity index (χ4n) is 3.21. The fraction of sp³-hybridized carbons (Fsp3) is 0.250. The highest BCUT2D eigenvalue weighted by Gasteiger charge is 2.16. The zero-order valence-electron chi connectivity index (χ0n) is 17.2. The Balaban J connectivity index is 1.54. The number of nitrogens with zero attached hydrogens (tertiary/aromatic N) is 5. The number of fused-ring (bicyclic) bond motifs is 1. The van der Waals surface area contributed by atoms with Gasteiger partial charge in [-0.05, 0) is 19.1 Å². The minimum Gasteiger partial charge on any atom is -0.494 e. The van der Waals surface area contributed by atoms with Crippen molar-refractivity contribution in [2.45, 2.75) is 13.5 Å². The van der Waals surface area contributed by atoms with Crippen molar-refractivity contribution in [3.63, 3.8) is 0 Å². The van der Waals surface area contributed by atoms with Crippen molar-refractivity contribution in [1.29, 1.82) is 0 Å². The molecule has 0 spiro atoms. The third-order valence-electron chi connectivity index (χ3n) is 4.72. The van der Waals surface area contributed by atoms with Gasteiger partial charge < -0.3 is 14.6 Å². The summed E-state index contributed by atoms with van der Waals surface area (Å²) in [5.41, 5.74) is 1.04. The van der Waals surface area contributed by atoms with Crippen LogP contribution in [0.1, 0.15) is 6.92 Å². The molecule has 0 aliphatic rings. The Morgan fingerprint density at radius 1 is 1.23 bits per heavy atom. The molecule has 0 bridgehead atoms. The van der Waals surface area contributed by atoms with Crippen LogP contribution in [0.3, 0.4) is 0 Å². The molecule has 0 aliphatic heterocycles. The molecule has 0 aliphatic carbocycles. The summed E-state index contributed by atoms with van der Waals surface area (Å²) in [6.07, 6.45) is 1.37. The maximum absolute atomic E-state index is 12.6. The van der Waals surface area contributed by atoms with Gasteiger partial charge in [0.2, 0.25) is 5.91 Å².